The monoisotopic (exact) mass is 342 g/mol. The summed E-state index contributed by atoms with van der Waals surface area (Å²) in [6.45, 7) is 1.26. The number of carbonyl (C=O) groups excluding carboxylic acids is 2. The molecule has 0 unspecified atom stereocenters. The highest BCUT2D eigenvalue weighted by Crippen LogP contribution is 2.30. The van der Waals surface area contributed by atoms with Gasteiger partial charge in [-0.15, -0.1) is 0 Å². The van der Waals surface area contributed by atoms with Crippen molar-refractivity contribution in [1.29, 1.82) is 0 Å². The molecule has 0 aliphatic heterocycles. The van der Waals surface area contributed by atoms with Crippen LogP contribution < -0.4 is 5.32 Å². The summed E-state index contributed by atoms with van der Waals surface area (Å²) in [6.07, 6.45) is 3.47. The van der Waals surface area contributed by atoms with Gasteiger partial charge in [0.15, 0.2) is 0 Å². The molecular weight excluding hydrogens is 320 g/mol. The van der Waals surface area contributed by atoms with E-state index in [0.717, 1.165) is 12.8 Å². The number of rotatable bonds is 8. The average molecular weight is 342 g/mol. The summed E-state index contributed by atoms with van der Waals surface area (Å²) in [5, 5.41) is 2.87. The quantitative estimate of drug-likeness (QED) is 0.801. The molecule has 132 valence electrons. The van der Waals surface area contributed by atoms with Crippen molar-refractivity contribution in [2.75, 3.05) is 25.6 Å². The molecule has 1 N–H and O–H groups in total. The van der Waals surface area contributed by atoms with Crippen LogP contribution in [-0.2, 0) is 16.1 Å². The van der Waals surface area contributed by atoms with Crippen molar-refractivity contribution >= 4 is 17.5 Å². The SMILES string of the molecule is COCCN(Cc1ccco1)C(=O)c1cccc(NC(=O)C2CC2)c1. The van der Waals surface area contributed by atoms with E-state index in [1.807, 2.05) is 6.07 Å². The van der Waals surface area contributed by atoms with Crippen molar-refractivity contribution in [2.45, 2.75) is 19.4 Å². The van der Waals surface area contributed by atoms with Gasteiger partial charge < -0.3 is 19.4 Å². The first-order valence-electron chi connectivity index (χ1n) is 8.39. The minimum atomic E-state index is -0.129. The van der Waals surface area contributed by atoms with Gasteiger partial charge in [0.05, 0.1) is 19.4 Å². The Kier molecular flexibility index (Phi) is 5.50. The summed E-state index contributed by atoms with van der Waals surface area (Å²) in [5.41, 5.74) is 1.17. The molecule has 1 aromatic heterocycles. The molecule has 1 aliphatic carbocycles. The van der Waals surface area contributed by atoms with E-state index in [2.05, 4.69) is 5.32 Å². The van der Waals surface area contributed by atoms with E-state index in [1.54, 1.807) is 48.6 Å². The first kappa shape index (κ1) is 17.2. The molecule has 1 heterocycles. The molecule has 1 fully saturated rings. The summed E-state index contributed by atoms with van der Waals surface area (Å²) in [4.78, 5) is 26.5. The van der Waals surface area contributed by atoms with Crippen molar-refractivity contribution in [3.63, 3.8) is 0 Å². The Morgan fingerprint density at radius 2 is 2.12 bits per heavy atom. The number of furan rings is 1. The molecule has 6 nitrogen and oxygen atoms in total. The van der Waals surface area contributed by atoms with E-state index in [0.29, 0.717) is 36.7 Å². The number of anilines is 1. The molecule has 25 heavy (non-hydrogen) atoms. The van der Waals surface area contributed by atoms with Crippen LogP contribution in [-0.4, -0.2) is 37.0 Å². The molecule has 2 aromatic rings. The number of amides is 2. The van der Waals surface area contributed by atoms with Crippen LogP contribution in [0, 0.1) is 5.92 Å². The third-order valence-corrected chi connectivity index (χ3v) is 4.10. The Hall–Kier alpha value is -2.60. The van der Waals surface area contributed by atoms with Crippen molar-refractivity contribution < 1.29 is 18.7 Å². The fourth-order valence-corrected chi connectivity index (χ4v) is 2.55. The standard InChI is InChI=1S/C19H22N2O4/c1-24-11-9-21(13-17-6-3-10-25-17)19(23)15-4-2-5-16(12-15)20-18(22)14-7-8-14/h2-6,10,12,14H,7-9,11,13H2,1H3,(H,20,22). The minimum Gasteiger partial charge on any atom is -0.467 e. The van der Waals surface area contributed by atoms with Crippen LogP contribution in [0.1, 0.15) is 29.0 Å². The first-order valence-corrected chi connectivity index (χ1v) is 8.39. The molecule has 0 bridgehead atoms. The molecule has 1 saturated carbocycles. The summed E-state index contributed by atoms with van der Waals surface area (Å²) >= 11 is 0. The lowest BCUT2D eigenvalue weighted by Gasteiger charge is -2.21. The van der Waals surface area contributed by atoms with Gasteiger partial charge in [-0.1, -0.05) is 6.07 Å². The van der Waals surface area contributed by atoms with Crippen LogP contribution in [0.4, 0.5) is 5.69 Å². The van der Waals surface area contributed by atoms with Gasteiger partial charge in [0.1, 0.15) is 5.76 Å². The number of nitrogens with one attached hydrogen (secondary N) is 1. The lowest BCUT2D eigenvalue weighted by atomic mass is 10.1. The molecule has 6 heteroatoms. The molecule has 0 atom stereocenters. The van der Waals surface area contributed by atoms with Crippen molar-refractivity contribution in [1.82, 2.24) is 4.90 Å². The van der Waals surface area contributed by atoms with E-state index in [4.69, 9.17) is 9.15 Å². The summed E-state index contributed by atoms with van der Waals surface area (Å²) < 4.78 is 10.5. The molecule has 3 rings (SSSR count). The van der Waals surface area contributed by atoms with E-state index in [1.165, 1.54) is 0 Å². The lowest BCUT2D eigenvalue weighted by Crippen LogP contribution is -2.33. The Balaban J connectivity index is 1.72. The van der Waals surface area contributed by atoms with Crippen LogP contribution in [0.5, 0.6) is 0 Å². The van der Waals surface area contributed by atoms with Crippen LogP contribution in [0.2, 0.25) is 0 Å². The fraction of sp³-hybridized carbons (Fsp3) is 0.368. The second-order valence-corrected chi connectivity index (χ2v) is 6.14. The Morgan fingerprint density at radius 3 is 2.80 bits per heavy atom. The predicted molar refractivity (Wildman–Crippen MR) is 93.1 cm³/mol. The van der Waals surface area contributed by atoms with Gasteiger partial charge in [0, 0.05) is 30.8 Å². The molecule has 0 saturated heterocycles. The van der Waals surface area contributed by atoms with Gasteiger partial charge in [0.25, 0.3) is 5.91 Å². The minimum absolute atomic E-state index is 0.0245. The highest BCUT2D eigenvalue weighted by atomic mass is 16.5. The molecule has 1 aliphatic rings. The van der Waals surface area contributed by atoms with Crippen LogP contribution >= 0.6 is 0 Å². The zero-order chi connectivity index (χ0) is 17.6. The number of hydrogen-bond acceptors (Lipinski definition) is 4. The third-order valence-electron chi connectivity index (χ3n) is 4.10. The number of carbonyl (C=O) groups is 2. The maximum atomic E-state index is 12.9. The van der Waals surface area contributed by atoms with Gasteiger partial charge in [-0.05, 0) is 43.2 Å². The average Bonchev–Trinajstić information content (AvgIpc) is 3.36. The number of methoxy groups -OCH3 is 1. The topological polar surface area (TPSA) is 71.8 Å². The van der Waals surface area contributed by atoms with E-state index in [9.17, 15) is 9.59 Å². The zero-order valence-electron chi connectivity index (χ0n) is 14.2. The van der Waals surface area contributed by atoms with Crippen molar-refractivity contribution in [2.24, 2.45) is 5.92 Å². The predicted octanol–water partition coefficient (Wildman–Crippen LogP) is 2.92. The van der Waals surface area contributed by atoms with Gasteiger partial charge >= 0.3 is 0 Å². The maximum absolute atomic E-state index is 12.9. The molecule has 0 spiro atoms. The van der Waals surface area contributed by atoms with Crippen molar-refractivity contribution in [3.8, 4) is 0 Å². The summed E-state index contributed by atoms with van der Waals surface area (Å²) in [6, 6.07) is 10.7. The number of benzene rings is 1. The van der Waals surface area contributed by atoms with Crippen LogP contribution in [0.15, 0.2) is 47.1 Å². The highest BCUT2D eigenvalue weighted by molar-refractivity contribution is 5.98. The number of hydrogen-bond donors (Lipinski definition) is 1. The van der Waals surface area contributed by atoms with Crippen LogP contribution in [0.25, 0.3) is 0 Å². The zero-order valence-corrected chi connectivity index (χ0v) is 14.2. The summed E-state index contributed by atoms with van der Waals surface area (Å²) in [5.74, 6) is 0.728. The van der Waals surface area contributed by atoms with Crippen LogP contribution in [0.3, 0.4) is 0 Å². The summed E-state index contributed by atoms with van der Waals surface area (Å²) in [7, 11) is 1.60. The Bertz CT molecular complexity index is 723. The Morgan fingerprint density at radius 1 is 1.28 bits per heavy atom. The van der Waals surface area contributed by atoms with Crippen molar-refractivity contribution in [3.05, 3.63) is 54.0 Å². The van der Waals surface area contributed by atoms with Gasteiger partial charge in [-0.2, -0.15) is 0 Å². The molecule has 0 radical (unpaired) electrons. The molecule has 2 amide bonds. The maximum Gasteiger partial charge on any atom is 0.254 e. The number of nitrogens with zero attached hydrogens (tertiary/aromatic N) is 1. The van der Waals surface area contributed by atoms with E-state index < -0.39 is 0 Å². The number of ether oxygens (including phenoxy) is 1. The second-order valence-electron chi connectivity index (χ2n) is 6.14. The van der Waals surface area contributed by atoms with E-state index >= 15 is 0 Å². The third kappa shape index (κ3) is 4.70. The van der Waals surface area contributed by atoms with Gasteiger partial charge in [-0.3, -0.25) is 9.59 Å². The normalized spacial score (nSPS) is 13.5. The second kappa shape index (κ2) is 7.98. The lowest BCUT2D eigenvalue weighted by molar-refractivity contribution is -0.117. The molecule has 1 aromatic carbocycles. The Labute approximate surface area is 146 Å². The fourth-order valence-electron chi connectivity index (χ4n) is 2.55. The molecular formula is C19H22N2O4. The highest BCUT2D eigenvalue weighted by Gasteiger charge is 2.29. The first-order chi connectivity index (χ1) is 12.2. The van der Waals surface area contributed by atoms with Gasteiger partial charge in [0.2, 0.25) is 5.91 Å². The van der Waals surface area contributed by atoms with E-state index in [-0.39, 0.29) is 17.7 Å². The largest absolute Gasteiger partial charge is 0.467 e. The van der Waals surface area contributed by atoms with Gasteiger partial charge in [-0.25, -0.2) is 0 Å². The smallest absolute Gasteiger partial charge is 0.254 e.